The van der Waals surface area contributed by atoms with Crippen molar-refractivity contribution < 1.29 is 0 Å². The van der Waals surface area contributed by atoms with Crippen LogP contribution in [0.25, 0.3) is 11.4 Å². The van der Waals surface area contributed by atoms with Gasteiger partial charge in [-0.05, 0) is 19.3 Å². The normalized spacial score (nSPS) is 21.5. The molecule has 4 nitrogen and oxygen atoms in total. The predicted octanol–water partition coefficient (Wildman–Crippen LogP) is 3.60. The second kappa shape index (κ2) is 8.64. The summed E-state index contributed by atoms with van der Waals surface area (Å²) in [5, 5.41) is 0. The van der Waals surface area contributed by atoms with Gasteiger partial charge in [-0.3, -0.25) is 4.90 Å². The van der Waals surface area contributed by atoms with Crippen molar-refractivity contribution in [2.24, 2.45) is 0 Å². The van der Waals surface area contributed by atoms with Gasteiger partial charge in [-0.1, -0.05) is 30.3 Å². The first-order valence-corrected chi connectivity index (χ1v) is 12.8. The summed E-state index contributed by atoms with van der Waals surface area (Å²) in [6, 6.07) is 11.2. The Morgan fingerprint density at radius 3 is 2.36 bits per heavy atom. The summed E-state index contributed by atoms with van der Waals surface area (Å²) >= 11 is 4.27. The number of anilines is 1. The fourth-order valence-electron chi connectivity index (χ4n) is 4.50. The third-order valence-corrected chi connectivity index (χ3v) is 8.55. The molecule has 0 bridgehead atoms. The van der Waals surface area contributed by atoms with E-state index in [-0.39, 0.29) is 0 Å². The lowest BCUT2D eigenvalue weighted by atomic mass is 10.1. The largest absolute Gasteiger partial charge is 0.354 e. The molecule has 6 heteroatoms. The van der Waals surface area contributed by atoms with Crippen molar-refractivity contribution in [3.63, 3.8) is 0 Å². The Balaban J connectivity index is 1.36. The maximum atomic E-state index is 5.08. The molecule has 5 rings (SSSR count). The molecule has 0 saturated carbocycles. The number of aryl methyl sites for hydroxylation is 1. The van der Waals surface area contributed by atoms with Crippen molar-refractivity contribution in [3.8, 4) is 11.4 Å². The van der Waals surface area contributed by atoms with Crippen LogP contribution in [0, 0.1) is 0 Å². The van der Waals surface area contributed by atoms with Crippen LogP contribution in [0.5, 0.6) is 0 Å². The molecule has 3 aliphatic rings. The van der Waals surface area contributed by atoms with E-state index in [4.69, 9.17) is 9.97 Å². The zero-order valence-corrected chi connectivity index (χ0v) is 18.0. The van der Waals surface area contributed by atoms with Crippen LogP contribution >= 0.6 is 23.5 Å². The minimum absolute atomic E-state index is 0.746. The number of fused-ring (bicyclic) bond motifs is 1. The number of benzene rings is 1. The fourth-order valence-corrected chi connectivity index (χ4v) is 7.13. The highest BCUT2D eigenvalue weighted by molar-refractivity contribution is 8.03. The molecular weight excluding hydrogens is 384 g/mol. The SMILES string of the molecule is c1ccc(-c2nc3c(c(N4CCN(C5CSCCSC5)CC4)n2)CCC3)cc1. The maximum Gasteiger partial charge on any atom is 0.161 e. The van der Waals surface area contributed by atoms with E-state index in [2.05, 4.69) is 63.7 Å². The van der Waals surface area contributed by atoms with Crippen LogP contribution < -0.4 is 4.90 Å². The van der Waals surface area contributed by atoms with E-state index in [0.29, 0.717) is 0 Å². The first kappa shape index (κ1) is 18.8. The average Bonchev–Trinajstić information content (AvgIpc) is 3.07. The summed E-state index contributed by atoms with van der Waals surface area (Å²) < 4.78 is 0. The molecule has 0 atom stereocenters. The maximum absolute atomic E-state index is 5.08. The van der Waals surface area contributed by atoms with Gasteiger partial charge in [0.2, 0.25) is 0 Å². The van der Waals surface area contributed by atoms with Gasteiger partial charge < -0.3 is 4.90 Å². The van der Waals surface area contributed by atoms with Crippen molar-refractivity contribution in [2.75, 3.05) is 54.1 Å². The average molecular weight is 413 g/mol. The van der Waals surface area contributed by atoms with Crippen LogP contribution in [-0.4, -0.2) is 70.1 Å². The quantitative estimate of drug-likeness (QED) is 0.766. The Morgan fingerprint density at radius 1 is 0.857 bits per heavy atom. The van der Waals surface area contributed by atoms with E-state index in [1.165, 1.54) is 46.5 Å². The number of piperazine rings is 1. The zero-order valence-electron chi connectivity index (χ0n) is 16.3. The Hall–Kier alpha value is -1.24. The van der Waals surface area contributed by atoms with E-state index in [1.54, 1.807) is 0 Å². The van der Waals surface area contributed by atoms with Crippen LogP contribution in [0.15, 0.2) is 30.3 Å². The van der Waals surface area contributed by atoms with Crippen LogP contribution in [0.4, 0.5) is 5.82 Å². The standard InChI is InChI=1S/C22H28N4S2/c1-2-5-17(6-3-1)21-23-20-8-4-7-19(20)22(24-21)26-11-9-25(10-12-26)18-15-27-13-14-28-16-18/h1-3,5-6,18H,4,7-16H2. The van der Waals surface area contributed by atoms with Crippen LogP contribution in [0.1, 0.15) is 17.7 Å². The van der Waals surface area contributed by atoms with E-state index in [0.717, 1.165) is 56.5 Å². The number of thioether (sulfide) groups is 2. The Morgan fingerprint density at radius 2 is 1.61 bits per heavy atom. The van der Waals surface area contributed by atoms with E-state index in [9.17, 15) is 0 Å². The number of rotatable bonds is 3. The lowest BCUT2D eigenvalue weighted by molar-refractivity contribution is 0.215. The second-order valence-corrected chi connectivity index (χ2v) is 10.1. The van der Waals surface area contributed by atoms with Gasteiger partial charge in [0.25, 0.3) is 0 Å². The van der Waals surface area contributed by atoms with Gasteiger partial charge in [-0.2, -0.15) is 23.5 Å². The van der Waals surface area contributed by atoms with Gasteiger partial charge in [0.05, 0.1) is 0 Å². The third-order valence-electron chi connectivity index (χ3n) is 6.07. The molecule has 148 valence electrons. The molecule has 0 spiro atoms. The van der Waals surface area contributed by atoms with Crippen LogP contribution in [-0.2, 0) is 12.8 Å². The second-order valence-electron chi connectivity index (χ2n) is 7.84. The van der Waals surface area contributed by atoms with E-state index >= 15 is 0 Å². The van der Waals surface area contributed by atoms with Gasteiger partial charge >= 0.3 is 0 Å². The van der Waals surface area contributed by atoms with Gasteiger partial charge in [-0.25, -0.2) is 9.97 Å². The first-order chi connectivity index (χ1) is 13.9. The molecule has 28 heavy (non-hydrogen) atoms. The summed E-state index contributed by atoms with van der Waals surface area (Å²) in [5.74, 6) is 7.34. The third kappa shape index (κ3) is 3.91. The molecule has 2 fully saturated rings. The minimum Gasteiger partial charge on any atom is -0.354 e. The highest BCUT2D eigenvalue weighted by Gasteiger charge is 2.29. The monoisotopic (exact) mass is 412 g/mol. The predicted molar refractivity (Wildman–Crippen MR) is 122 cm³/mol. The van der Waals surface area contributed by atoms with Gasteiger partial charge in [-0.15, -0.1) is 0 Å². The van der Waals surface area contributed by atoms with E-state index in [1.807, 2.05) is 0 Å². The van der Waals surface area contributed by atoms with Gasteiger partial charge in [0.1, 0.15) is 5.82 Å². The van der Waals surface area contributed by atoms with E-state index < -0.39 is 0 Å². The fraction of sp³-hybridized carbons (Fsp3) is 0.545. The molecule has 3 heterocycles. The van der Waals surface area contributed by atoms with Crippen LogP contribution in [0.3, 0.4) is 0 Å². The lowest BCUT2D eigenvalue weighted by Crippen LogP contribution is -2.52. The first-order valence-electron chi connectivity index (χ1n) is 10.5. The minimum atomic E-state index is 0.746. The molecule has 2 aliphatic heterocycles. The molecule has 0 radical (unpaired) electrons. The summed E-state index contributed by atoms with van der Waals surface area (Å²) in [4.78, 5) is 15.3. The number of hydrogen-bond acceptors (Lipinski definition) is 6. The van der Waals surface area contributed by atoms with Crippen molar-refractivity contribution in [1.29, 1.82) is 0 Å². The molecule has 0 unspecified atom stereocenters. The van der Waals surface area contributed by atoms with Crippen molar-refractivity contribution in [1.82, 2.24) is 14.9 Å². The Bertz CT molecular complexity index is 798. The Kier molecular flexibility index (Phi) is 5.79. The molecule has 1 aromatic carbocycles. The molecule has 0 amide bonds. The summed E-state index contributed by atoms with van der Waals surface area (Å²) in [5.41, 5.74) is 3.82. The topological polar surface area (TPSA) is 32.3 Å². The Labute approximate surface area is 176 Å². The number of nitrogens with zero attached hydrogens (tertiary/aromatic N) is 4. The van der Waals surface area contributed by atoms with Crippen molar-refractivity contribution >= 4 is 29.3 Å². The van der Waals surface area contributed by atoms with Crippen molar-refractivity contribution in [2.45, 2.75) is 25.3 Å². The van der Waals surface area contributed by atoms with Gasteiger partial charge in [0, 0.05) is 72.1 Å². The molecular formula is C22H28N4S2. The van der Waals surface area contributed by atoms with Crippen molar-refractivity contribution in [3.05, 3.63) is 41.6 Å². The summed E-state index contributed by atoms with van der Waals surface area (Å²) in [6.45, 7) is 4.49. The zero-order chi connectivity index (χ0) is 18.8. The van der Waals surface area contributed by atoms with Gasteiger partial charge in [0.15, 0.2) is 5.82 Å². The molecule has 0 N–H and O–H groups in total. The number of aromatic nitrogens is 2. The molecule has 1 aliphatic carbocycles. The summed E-state index contributed by atoms with van der Waals surface area (Å²) in [6.07, 6.45) is 3.45. The molecule has 2 aromatic rings. The number of hydrogen-bond donors (Lipinski definition) is 0. The highest BCUT2D eigenvalue weighted by Crippen LogP contribution is 2.32. The smallest absolute Gasteiger partial charge is 0.161 e. The van der Waals surface area contributed by atoms with Crippen LogP contribution in [0.2, 0.25) is 0 Å². The molecule has 1 aromatic heterocycles. The summed E-state index contributed by atoms with van der Waals surface area (Å²) in [7, 11) is 0. The lowest BCUT2D eigenvalue weighted by Gasteiger charge is -2.39. The highest BCUT2D eigenvalue weighted by atomic mass is 32.2. The molecule has 2 saturated heterocycles.